The predicted molar refractivity (Wildman–Crippen MR) is 72.6 cm³/mol. The first-order chi connectivity index (χ1) is 8.45. The minimum atomic E-state index is -0.568. The van der Waals surface area contributed by atoms with Gasteiger partial charge in [-0.2, -0.15) is 0 Å². The fourth-order valence-corrected chi connectivity index (χ4v) is 2.27. The standard InChI is InChI=1S/C15H24O3/c1-10(2)14(11(3)16)9-15(17)12-6-5-7-13(8-12)18-4/h5-8,10-11,14-17H,9H2,1-4H3. The van der Waals surface area contributed by atoms with Crippen molar-refractivity contribution >= 4 is 0 Å². The van der Waals surface area contributed by atoms with Gasteiger partial charge in [-0.25, -0.2) is 0 Å². The van der Waals surface area contributed by atoms with Crippen LogP contribution in [0.25, 0.3) is 0 Å². The number of ether oxygens (including phenoxy) is 1. The van der Waals surface area contributed by atoms with E-state index in [1.165, 1.54) is 0 Å². The molecule has 1 aromatic rings. The Bertz CT molecular complexity index is 353. The van der Waals surface area contributed by atoms with E-state index in [2.05, 4.69) is 13.8 Å². The molecule has 0 amide bonds. The second-order valence-electron chi connectivity index (χ2n) is 5.18. The van der Waals surface area contributed by atoms with Crippen molar-refractivity contribution in [2.75, 3.05) is 7.11 Å². The lowest BCUT2D eigenvalue weighted by atomic mass is 9.84. The summed E-state index contributed by atoms with van der Waals surface area (Å²) in [5.74, 6) is 1.17. The van der Waals surface area contributed by atoms with Crippen LogP contribution in [0.4, 0.5) is 0 Å². The highest BCUT2D eigenvalue weighted by Gasteiger charge is 2.23. The molecule has 0 saturated heterocycles. The van der Waals surface area contributed by atoms with E-state index in [0.717, 1.165) is 11.3 Å². The summed E-state index contributed by atoms with van der Waals surface area (Å²) in [6.45, 7) is 5.91. The first-order valence-corrected chi connectivity index (χ1v) is 6.45. The smallest absolute Gasteiger partial charge is 0.119 e. The SMILES string of the molecule is COc1cccc(C(O)CC(C(C)C)C(C)O)c1. The Morgan fingerprint density at radius 3 is 2.33 bits per heavy atom. The molecule has 0 spiro atoms. The zero-order chi connectivity index (χ0) is 13.7. The molecule has 0 aliphatic heterocycles. The predicted octanol–water partition coefficient (Wildman–Crippen LogP) is 2.77. The van der Waals surface area contributed by atoms with Gasteiger partial charge in [0.2, 0.25) is 0 Å². The number of aliphatic hydroxyl groups excluding tert-OH is 2. The van der Waals surface area contributed by atoms with Gasteiger partial charge in [-0.05, 0) is 42.9 Å². The van der Waals surface area contributed by atoms with Crippen LogP contribution in [0.3, 0.4) is 0 Å². The van der Waals surface area contributed by atoms with Crippen LogP contribution >= 0.6 is 0 Å². The van der Waals surface area contributed by atoms with Crippen LogP contribution in [0, 0.1) is 11.8 Å². The second-order valence-corrected chi connectivity index (χ2v) is 5.18. The van der Waals surface area contributed by atoms with Gasteiger partial charge in [0.15, 0.2) is 0 Å². The quantitative estimate of drug-likeness (QED) is 0.818. The van der Waals surface area contributed by atoms with E-state index in [1.54, 1.807) is 14.0 Å². The molecule has 0 saturated carbocycles. The molecule has 102 valence electrons. The van der Waals surface area contributed by atoms with E-state index < -0.39 is 12.2 Å². The monoisotopic (exact) mass is 252 g/mol. The first-order valence-electron chi connectivity index (χ1n) is 6.45. The highest BCUT2D eigenvalue weighted by molar-refractivity contribution is 5.29. The Balaban J connectivity index is 2.76. The number of hydrogen-bond donors (Lipinski definition) is 2. The molecule has 0 bridgehead atoms. The summed E-state index contributed by atoms with van der Waals surface area (Å²) in [5.41, 5.74) is 0.834. The fourth-order valence-electron chi connectivity index (χ4n) is 2.27. The van der Waals surface area contributed by atoms with Gasteiger partial charge in [-0.15, -0.1) is 0 Å². The topological polar surface area (TPSA) is 49.7 Å². The molecule has 0 aliphatic rings. The van der Waals surface area contributed by atoms with Crippen LogP contribution in [0.1, 0.15) is 38.9 Å². The molecule has 1 aromatic carbocycles. The molecule has 1 rings (SSSR count). The van der Waals surface area contributed by atoms with Crippen LogP contribution < -0.4 is 4.74 Å². The molecule has 0 heterocycles. The zero-order valence-corrected chi connectivity index (χ0v) is 11.6. The van der Waals surface area contributed by atoms with Crippen molar-refractivity contribution in [2.45, 2.75) is 39.4 Å². The van der Waals surface area contributed by atoms with Crippen molar-refractivity contribution in [3.63, 3.8) is 0 Å². The number of hydrogen-bond acceptors (Lipinski definition) is 3. The third kappa shape index (κ3) is 4.00. The molecule has 0 aromatic heterocycles. The minimum absolute atomic E-state index is 0.0891. The van der Waals surface area contributed by atoms with Crippen LogP contribution in [0.5, 0.6) is 5.75 Å². The summed E-state index contributed by atoms with van der Waals surface area (Å²) in [6.07, 6.45) is -0.421. The van der Waals surface area contributed by atoms with Crippen molar-refractivity contribution in [3.05, 3.63) is 29.8 Å². The van der Waals surface area contributed by atoms with E-state index in [-0.39, 0.29) is 5.92 Å². The third-order valence-corrected chi connectivity index (χ3v) is 3.45. The number of aliphatic hydroxyl groups is 2. The third-order valence-electron chi connectivity index (χ3n) is 3.45. The lowest BCUT2D eigenvalue weighted by molar-refractivity contribution is 0.0488. The molecule has 2 N–H and O–H groups in total. The first kappa shape index (κ1) is 15.0. The molecule has 0 fully saturated rings. The van der Waals surface area contributed by atoms with Crippen LogP contribution in [0.2, 0.25) is 0 Å². The fraction of sp³-hybridized carbons (Fsp3) is 0.600. The average molecular weight is 252 g/mol. The maximum atomic E-state index is 10.2. The molecule has 0 aliphatic carbocycles. The Labute approximate surface area is 109 Å². The lowest BCUT2D eigenvalue weighted by Crippen LogP contribution is -2.24. The van der Waals surface area contributed by atoms with Crippen molar-refractivity contribution in [1.82, 2.24) is 0 Å². The summed E-state index contributed by atoms with van der Waals surface area (Å²) in [4.78, 5) is 0. The van der Waals surface area contributed by atoms with E-state index in [1.807, 2.05) is 24.3 Å². The lowest BCUT2D eigenvalue weighted by Gasteiger charge is -2.26. The highest BCUT2D eigenvalue weighted by Crippen LogP contribution is 2.29. The van der Waals surface area contributed by atoms with Crippen molar-refractivity contribution in [2.24, 2.45) is 11.8 Å². The van der Waals surface area contributed by atoms with E-state index in [9.17, 15) is 10.2 Å². The van der Waals surface area contributed by atoms with Gasteiger partial charge in [0.25, 0.3) is 0 Å². The second kappa shape index (κ2) is 6.76. The molecular formula is C15H24O3. The summed E-state index contributed by atoms with van der Waals surface area (Å²) in [6, 6.07) is 7.44. The van der Waals surface area contributed by atoms with Crippen LogP contribution in [-0.2, 0) is 0 Å². The van der Waals surface area contributed by atoms with Crippen LogP contribution in [0.15, 0.2) is 24.3 Å². The molecule has 18 heavy (non-hydrogen) atoms. The summed E-state index contributed by atoms with van der Waals surface area (Å²) in [7, 11) is 1.61. The largest absolute Gasteiger partial charge is 0.497 e. The van der Waals surface area contributed by atoms with Crippen LogP contribution in [-0.4, -0.2) is 23.4 Å². The minimum Gasteiger partial charge on any atom is -0.497 e. The Morgan fingerprint density at radius 1 is 1.17 bits per heavy atom. The highest BCUT2D eigenvalue weighted by atomic mass is 16.5. The Kier molecular flexibility index (Phi) is 5.63. The summed E-state index contributed by atoms with van der Waals surface area (Å²) < 4.78 is 5.14. The van der Waals surface area contributed by atoms with E-state index in [0.29, 0.717) is 12.3 Å². The molecule has 3 heteroatoms. The van der Waals surface area contributed by atoms with Crippen molar-refractivity contribution in [3.8, 4) is 5.75 Å². The average Bonchev–Trinajstić information content (AvgIpc) is 2.34. The van der Waals surface area contributed by atoms with Crippen molar-refractivity contribution < 1.29 is 14.9 Å². The van der Waals surface area contributed by atoms with E-state index in [4.69, 9.17) is 4.74 Å². The van der Waals surface area contributed by atoms with Gasteiger partial charge in [-0.3, -0.25) is 0 Å². The Morgan fingerprint density at radius 2 is 1.83 bits per heavy atom. The maximum Gasteiger partial charge on any atom is 0.119 e. The van der Waals surface area contributed by atoms with Gasteiger partial charge in [-0.1, -0.05) is 26.0 Å². The van der Waals surface area contributed by atoms with Gasteiger partial charge >= 0.3 is 0 Å². The molecule has 0 radical (unpaired) electrons. The number of benzene rings is 1. The van der Waals surface area contributed by atoms with Gasteiger partial charge in [0.1, 0.15) is 5.75 Å². The number of methoxy groups -OCH3 is 1. The zero-order valence-electron chi connectivity index (χ0n) is 11.6. The molecule has 3 atom stereocenters. The molecular weight excluding hydrogens is 228 g/mol. The normalized spacial score (nSPS) is 16.4. The van der Waals surface area contributed by atoms with Gasteiger partial charge in [0, 0.05) is 0 Å². The van der Waals surface area contributed by atoms with Crippen molar-refractivity contribution in [1.29, 1.82) is 0 Å². The van der Waals surface area contributed by atoms with Gasteiger partial charge < -0.3 is 14.9 Å². The summed E-state index contributed by atoms with van der Waals surface area (Å²) >= 11 is 0. The maximum absolute atomic E-state index is 10.2. The Hall–Kier alpha value is -1.06. The molecule has 3 nitrogen and oxygen atoms in total. The number of rotatable bonds is 6. The van der Waals surface area contributed by atoms with Gasteiger partial charge in [0.05, 0.1) is 19.3 Å². The van der Waals surface area contributed by atoms with E-state index >= 15 is 0 Å². The summed E-state index contributed by atoms with van der Waals surface area (Å²) in [5, 5.41) is 20.0. The molecule has 3 unspecified atom stereocenters.